The van der Waals surface area contributed by atoms with Gasteiger partial charge < -0.3 is 5.73 Å². The van der Waals surface area contributed by atoms with Crippen molar-refractivity contribution in [1.82, 2.24) is 9.78 Å². The summed E-state index contributed by atoms with van der Waals surface area (Å²) in [5.41, 5.74) is -0.0704. The Morgan fingerprint density at radius 3 is 2.57 bits per heavy atom. The molecule has 0 aliphatic heterocycles. The number of rotatable bonds is 3. The molecule has 1 atom stereocenters. The molecule has 2 rings (SSSR count). The number of amides is 1. The fourth-order valence-electron chi connectivity index (χ4n) is 1.62. The van der Waals surface area contributed by atoms with Gasteiger partial charge in [-0.15, -0.1) is 0 Å². The summed E-state index contributed by atoms with van der Waals surface area (Å²) in [6.07, 6.45) is 1.24. The zero-order chi connectivity index (χ0) is 15.8. The quantitative estimate of drug-likeness (QED) is 0.903. The van der Waals surface area contributed by atoms with Crippen LogP contribution in [0.15, 0.2) is 41.4 Å². The van der Waals surface area contributed by atoms with Crippen molar-refractivity contribution in [3.63, 3.8) is 0 Å². The van der Waals surface area contributed by atoms with Gasteiger partial charge in [0.25, 0.3) is 5.91 Å². The van der Waals surface area contributed by atoms with Crippen LogP contribution in [0.25, 0.3) is 5.69 Å². The Hall–Kier alpha value is -2.36. The Labute approximate surface area is 117 Å². The summed E-state index contributed by atoms with van der Waals surface area (Å²) in [5.74, 6) is -0.819. The van der Waals surface area contributed by atoms with Crippen LogP contribution in [-0.4, -0.2) is 25.4 Å². The van der Waals surface area contributed by atoms with E-state index in [0.29, 0.717) is 0 Å². The van der Waals surface area contributed by atoms with Crippen molar-refractivity contribution < 1.29 is 22.2 Å². The lowest BCUT2D eigenvalue weighted by Crippen LogP contribution is -2.22. The second kappa shape index (κ2) is 4.88. The van der Waals surface area contributed by atoms with Crippen molar-refractivity contribution in [2.45, 2.75) is 10.4 Å². The lowest BCUT2D eigenvalue weighted by atomic mass is 10.3. The maximum Gasteiger partial charge on any atom is 0.483 e. The van der Waals surface area contributed by atoms with E-state index < -0.39 is 26.0 Å². The average molecular weight is 318 g/mol. The van der Waals surface area contributed by atoms with E-state index in [-0.39, 0.29) is 11.4 Å². The number of carbonyl (C=O) groups excluding carboxylic acids is 1. The third kappa shape index (κ3) is 2.61. The van der Waals surface area contributed by atoms with E-state index in [1.54, 1.807) is 0 Å². The van der Waals surface area contributed by atoms with Gasteiger partial charge in [-0.2, -0.15) is 18.3 Å². The van der Waals surface area contributed by atoms with Crippen LogP contribution in [0.2, 0.25) is 0 Å². The first-order valence-corrected chi connectivity index (χ1v) is 7.00. The molecule has 0 aliphatic rings. The number of alkyl halides is 3. The van der Waals surface area contributed by atoms with Crippen molar-refractivity contribution >= 4 is 15.6 Å². The molecule has 1 aromatic heterocycles. The van der Waals surface area contributed by atoms with Crippen LogP contribution in [0.3, 0.4) is 0 Å². The molecule has 21 heavy (non-hydrogen) atoms. The minimum atomic E-state index is -5.19. The van der Waals surface area contributed by atoms with Gasteiger partial charge >= 0.3 is 5.51 Å². The average Bonchev–Trinajstić information content (AvgIpc) is 2.87. The molecule has 1 unspecified atom stereocenters. The van der Waals surface area contributed by atoms with Crippen molar-refractivity contribution in [2.75, 3.05) is 0 Å². The minimum Gasteiger partial charge on any atom is -0.364 e. The number of primary amides is 1. The number of nitrogens with one attached hydrogen (secondary N) is 1. The summed E-state index contributed by atoms with van der Waals surface area (Å²) in [6.45, 7) is 0. The highest BCUT2D eigenvalue weighted by Crippen LogP contribution is 2.31. The first kappa shape index (κ1) is 15.0. The van der Waals surface area contributed by atoms with Crippen molar-refractivity contribution in [2.24, 2.45) is 5.73 Å². The molecular weight excluding hydrogens is 309 g/mol. The molecule has 0 aliphatic carbocycles. The lowest BCUT2D eigenvalue weighted by molar-refractivity contribution is -0.0406. The Bertz CT molecular complexity index is 796. The van der Waals surface area contributed by atoms with Crippen molar-refractivity contribution in [3.05, 3.63) is 42.2 Å². The van der Waals surface area contributed by atoms with Crippen LogP contribution in [0.4, 0.5) is 13.2 Å². The van der Waals surface area contributed by atoms with Gasteiger partial charge in [0, 0.05) is 0 Å². The van der Waals surface area contributed by atoms with Gasteiger partial charge in [0.15, 0.2) is 9.73 Å². The number of nitrogens with zero attached hydrogens (tertiary/aromatic N) is 2. The van der Waals surface area contributed by atoms with Crippen LogP contribution in [-0.2, 0) is 9.73 Å². The van der Waals surface area contributed by atoms with E-state index in [1.807, 2.05) is 0 Å². The number of halogens is 3. The topological polar surface area (TPSA) is 102 Å². The molecule has 0 spiro atoms. The number of carbonyl (C=O) groups is 1. The fourth-order valence-corrected chi connectivity index (χ4v) is 2.45. The van der Waals surface area contributed by atoms with Crippen LogP contribution in [0, 0.1) is 4.78 Å². The molecular formula is C11H9F3N4O2S. The summed E-state index contributed by atoms with van der Waals surface area (Å²) in [4.78, 5) is 10.5. The lowest BCUT2D eigenvalue weighted by Gasteiger charge is -2.12. The molecule has 6 nitrogen and oxygen atoms in total. The number of hydrogen-bond donors (Lipinski definition) is 2. The maximum atomic E-state index is 12.6. The van der Waals surface area contributed by atoms with E-state index in [4.69, 9.17) is 10.5 Å². The smallest absolute Gasteiger partial charge is 0.364 e. The molecule has 0 bridgehead atoms. The summed E-state index contributed by atoms with van der Waals surface area (Å²) in [5, 5.41) is 3.77. The van der Waals surface area contributed by atoms with Gasteiger partial charge in [-0.1, -0.05) is 6.07 Å². The number of nitrogens with two attached hydrogens (primary N) is 1. The highest BCUT2D eigenvalue weighted by Gasteiger charge is 2.43. The van der Waals surface area contributed by atoms with Crippen molar-refractivity contribution in [1.29, 1.82) is 4.78 Å². The van der Waals surface area contributed by atoms with Gasteiger partial charge in [0.1, 0.15) is 5.69 Å². The molecule has 1 amide bonds. The van der Waals surface area contributed by atoms with E-state index in [1.165, 1.54) is 24.4 Å². The second-order valence-corrected chi connectivity index (χ2v) is 6.04. The molecule has 1 aromatic carbocycles. The maximum absolute atomic E-state index is 12.6. The zero-order valence-corrected chi connectivity index (χ0v) is 11.1. The van der Waals surface area contributed by atoms with Gasteiger partial charge in [0.2, 0.25) is 0 Å². The molecule has 0 saturated carbocycles. The van der Waals surface area contributed by atoms with E-state index in [0.717, 1.165) is 16.8 Å². The SMILES string of the molecule is N=S(=O)(c1cccc(-n2nccc2C(N)=O)c1)C(F)(F)F. The van der Waals surface area contributed by atoms with Gasteiger partial charge in [0.05, 0.1) is 16.8 Å². The van der Waals surface area contributed by atoms with Crippen molar-refractivity contribution in [3.8, 4) is 5.69 Å². The van der Waals surface area contributed by atoms with Crippen LogP contribution >= 0.6 is 0 Å². The van der Waals surface area contributed by atoms with E-state index in [2.05, 4.69) is 5.10 Å². The molecule has 1 heterocycles. The zero-order valence-electron chi connectivity index (χ0n) is 10.3. The third-order valence-corrected chi connectivity index (χ3v) is 4.18. The minimum absolute atomic E-state index is 0.0457. The highest BCUT2D eigenvalue weighted by molar-refractivity contribution is 7.93. The number of hydrogen-bond acceptors (Lipinski definition) is 4. The van der Waals surface area contributed by atoms with E-state index in [9.17, 15) is 22.2 Å². The number of benzene rings is 1. The van der Waals surface area contributed by atoms with Gasteiger partial charge in [-0.25, -0.2) is 13.7 Å². The standard InChI is InChI=1S/C11H9F3N4O2S/c12-11(13,14)21(16,20)8-3-1-2-7(6-8)18-9(10(15)19)4-5-17-18/h1-6,16H,(H2,15,19). The molecule has 0 fully saturated rings. The third-order valence-electron chi connectivity index (χ3n) is 2.62. The van der Waals surface area contributed by atoms with Crippen LogP contribution in [0.1, 0.15) is 10.5 Å². The van der Waals surface area contributed by atoms with Gasteiger partial charge in [-0.05, 0) is 24.3 Å². The summed E-state index contributed by atoms with van der Waals surface area (Å²) in [6, 6.07) is 5.66. The van der Waals surface area contributed by atoms with E-state index >= 15 is 0 Å². The Balaban J connectivity index is 2.58. The monoisotopic (exact) mass is 318 g/mol. The predicted octanol–water partition coefficient (Wildman–Crippen LogP) is 1.90. The Morgan fingerprint density at radius 1 is 1.33 bits per heavy atom. The molecule has 2 aromatic rings. The predicted molar refractivity (Wildman–Crippen MR) is 67.3 cm³/mol. The Morgan fingerprint density at radius 2 is 2.00 bits per heavy atom. The molecule has 0 saturated heterocycles. The van der Waals surface area contributed by atoms with Crippen LogP contribution < -0.4 is 5.73 Å². The largest absolute Gasteiger partial charge is 0.483 e. The number of aromatic nitrogens is 2. The molecule has 3 N–H and O–H groups in total. The van der Waals surface area contributed by atoms with Crippen LogP contribution in [0.5, 0.6) is 0 Å². The summed E-state index contributed by atoms with van der Waals surface area (Å²) >= 11 is 0. The molecule has 0 radical (unpaired) electrons. The molecule has 112 valence electrons. The second-order valence-electron chi connectivity index (χ2n) is 3.99. The first-order valence-electron chi connectivity index (χ1n) is 5.44. The Kier molecular flexibility index (Phi) is 3.49. The molecule has 10 heteroatoms. The summed E-state index contributed by atoms with van der Waals surface area (Å²) in [7, 11) is -4.98. The first-order chi connectivity index (χ1) is 9.64. The fraction of sp³-hybridized carbons (Fsp3) is 0.0909. The summed E-state index contributed by atoms with van der Waals surface area (Å²) < 4.78 is 57.6. The normalized spacial score (nSPS) is 14.6. The highest BCUT2D eigenvalue weighted by atomic mass is 32.2. The van der Waals surface area contributed by atoms with Gasteiger partial charge in [-0.3, -0.25) is 4.79 Å².